The van der Waals surface area contributed by atoms with Crippen LogP contribution in [-0.2, 0) is 0 Å². The summed E-state index contributed by atoms with van der Waals surface area (Å²) in [5.74, 6) is 5.31. The number of benzene rings is 1. The van der Waals surface area contributed by atoms with Gasteiger partial charge in [0, 0.05) is 5.56 Å². The minimum Gasteiger partial charge on any atom is -0.490 e. The van der Waals surface area contributed by atoms with Gasteiger partial charge >= 0.3 is 0 Å². The molecule has 0 radical (unpaired) electrons. The van der Waals surface area contributed by atoms with Gasteiger partial charge in [-0.05, 0) is 74.2 Å². The Morgan fingerprint density at radius 3 is 1.94 bits per heavy atom. The fourth-order valence-electron chi connectivity index (χ4n) is 6.54. The van der Waals surface area contributed by atoms with Crippen LogP contribution >= 0.6 is 0 Å². The van der Waals surface area contributed by atoms with E-state index in [-0.39, 0.29) is 0 Å². The van der Waals surface area contributed by atoms with E-state index < -0.39 is 0 Å². The maximum Gasteiger partial charge on any atom is 0.159 e. The third kappa shape index (κ3) is 7.79. The second kappa shape index (κ2) is 14.0. The summed E-state index contributed by atoms with van der Waals surface area (Å²) in [6.07, 6.45) is 24.4. The Hall–Kier alpha value is -1.90. The molecule has 2 aliphatic carbocycles. The summed E-state index contributed by atoms with van der Waals surface area (Å²) in [7, 11) is 0. The summed E-state index contributed by atoms with van der Waals surface area (Å²) in [6, 6.07) is 9.05. The van der Waals surface area contributed by atoms with Crippen LogP contribution in [0.15, 0.2) is 36.7 Å². The predicted octanol–water partition coefficient (Wildman–Crippen LogP) is 9.37. The van der Waals surface area contributed by atoms with Gasteiger partial charge in [-0.2, -0.15) is 0 Å². The van der Waals surface area contributed by atoms with Crippen LogP contribution in [0.1, 0.15) is 122 Å². The molecule has 3 nitrogen and oxygen atoms in total. The monoisotopic (exact) mass is 476 g/mol. The lowest BCUT2D eigenvalue weighted by atomic mass is 9.68. The molecule has 0 bridgehead atoms. The van der Waals surface area contributed by atoms with Crippen LogP contribution in [0, 0.1) is 17.8 Å². The van der Waals surface area contributed by atoms with Crippen LogP contribution in [0.25, 0.3) is 11.4 Å². The topological polar surface area (TPSA) is 35.0 Å². The molecule has 3 heteroatoms. The molecular formula is C32H48N2O. The lowest BCUT2D eigenvalue weighted by Crippen LogP contribution is -2.25. The van der Waals surface area contributed by atoms with E-state index in [4.69, 9.17) is 4.74 Å². The van der Waals surface area contributed by atoms with Crippen molar-refractivity contribution < 1.29 is 4.74 Å². The molecule has 2 aromatic rings. The molecule has 2 fully saturated rings. The van der Waals surface area contributed by atoms with Crippen molar-refractivity contribution in [1.29, 1.82) is 0 Å². The molecule has 0 aliphatic heterocycles. The first-order valence-corrected chi connectivity index (χ1v) is 14.8. The van der Waals surface area contributed by atoms with Crippen molar-refractivity contribution in [3.63, 3.8) is 0 Å². The van der Waals surface area contributed by atoms with Crippen LogP contribution < -0.4 is 4.74 Å². The van der Waals surface area contributed by atoms with Gasteiger partial charge < -0.3 is 4.74 Å². The quantitative estimate of drug-likeness (QED) is 0.286. The van der Waals surface area contributed by atoms with E-state index in [1.165, 1.54) is 95.5 Å². The van der Waals surface area contributed by atoms with Crippen molar-refractivity contribution >= 4 is 0 Å². The van der Waals surface area contributed by atoms with Crippen LogP contribution in [0.2, 0.25) is 0 Å². The second-order valence-electron chi connectivity index (χ2n) is 11.3. The van der Waals surface area contributed by atoms with E-state index >= 15 is 0 Å². The van der Waals surface area contributed by atoms with Crippen LogP contribution in [0.5, 0.6) is 5.75 Å². The van der Waals surface area contributed by atoms with Crippen molar-refractivity contribution in [2.24, 2.45) is 17.8 Å². The molecule has 0 saturated heterocycles. The Morgan fingerprint density at radius 1 is 0.714 bits per heavy atom. The third-order valence-electron chi connectivity index (χ3n) is 8.83. The first-order valence-electron chi connectivity index (χ1n) is 14.8. The summed E-state index contributed by atoms with van der Waals surface area (Å²) in [4.78, 5) is 9.08. The van der Waals surface area contributed by atoms with Gasteiger partial charge in [0.05, 0.1) is 19.0 Å². The van der Waals surface area contributed by atoms with E-state index in [9.17, 15) is 0 Å². The molecule has 35 heavy (non-hydrogen) atoms. The lowest BCUT2D eigenvalue weighted by molar-refractivity contribution is 0.155. The van der Waals surface area contributed by atoms with Crippen LogP contribution in [-0.4, -0.2) is 16.6 Å². The van der Waals surface area contributed by atoms with Gasteiger partial charge in [0.2, 0.25) is 0 Å². The summed E-state index contributed by atoms with van der Waals surface area (Å²) in [5, 5.41) is 0. The zero-order valence-electron chi connectivity index (χ0n) is 22.4. The molecule has 0 unspecified atom stereocenters. The molecule has 0 amide bonds. The van der Waals surface area contributed by atoms with Crippen molar-refractivity contribution in [1.82, 2.24) is 9.97 Å². The van der Waals surface area contributed by atoms with Crippen LogP contribution in [0.3, 0.4) is 0 Å². The minimum atomic E-state index is 0.727. The molecule has 0 atom stereocenters. The number of unbranched alkanes of at least 4 members (excludes halogenated alkanes) is 4. The molecule has 0 spiro atoms. The highest BCUT2D eigenvalue weighted by Crippen LogP contribution is 2.44. The van der Waals surface area contributed by atoms with E-state index in [1.54, 1.807) is 0 Å². The number of nitrogens with zero attached hydrogens (tertiary/aromatic N) is 2. The standard InChI is InChI=1S/C32H48N2O/c1-3-5-7-9-25-10-12-26(13-11-25)27-14-16-28(17-15-27)29-18-20-30(21-19-29)32-33-23-31(24-34-32)35-22-8-6-4-2/h18-21,23-28H,3-17,22H2,1-2H3. The average Bonchev–Trinajstić information content (AvgIpc) is 2.92. The molecule has 4 rings (SSSR count). The van der Waals surface area contributed by atoms with E-state index in [2.05, 4.69) is 48.1 Å². The Bertz CT molecular complexity index is 831. The SMILES string of the molecule is CCCCCOc1cnc(-c2ccc(C3CCC(C4CCC(CCCCC)CC4)CC3)cc2)nc1. The Labute approximate surface area is 214 Å². The van der Waals surface area contributed by atoms with Crippen molar-refractivity contribution in [3.8, 4) is 17.1 Å². The molecule has 192 valence electrons. The number of hydrogen-bond donors (Lipinski definition) is 0. The van der Waals surface area contributed by atoms with Gasteiger partial charge in [-0.1, -0.05) is 89.5 Å². The second-order valence-corrected chi connectivity index (χ2v) is 11.3. The third-order valence-corrected chi connectivity index (χ3v) is 8.83. The Kier molecular flexibility index (Phi) is 10.5. The molecule has 2 saturated carbocycles. The normalized spacial score (nSPS) is 24.9. The maximum absolute atomic E-state index is 5.75. The first-order chi connectivity index (χ1) is 17.3. The largest absolute Gasteiger partial charge is 0.490 e. The van der Waals surface area contributed by atoms with Gasteiger partial charge in [-0.25, -0.2) is 9.97 Å². The zero-order chi connectivity index (χ0) is 24.3. The Morgan fingerprint density at radius 2 is 1.31 bits per heavy atom. The number of hydrogen-bond acceptors (Lipinski definition) is 3. The highest BCUT2D eigenvalue weighted by Gasteiger charge is 2.31. The fraction of sp³-hybridized carbons (Fsp3) is 0.688. The summed E-state index contributed by atoms with van der Waals surface area (Å²) in [6.45, 7) is 5.27. The molecular weight excluding hydrogens is 428 g/mol. The van der Waals surface area contributed by atoms with Gasteiger partial charge in [-0.3, -0.25) is 0 Å². The Balaban J connectivity index is 1.21. The van der Waals surface area contributed by atoms with E-state index in [1.807, 2.05) is 12.4 Å². The van der Waals surface area contributed by atoms with Crippen LogP contribution in [0.4, 0.5) is 0 Å². The molecule has 1 aromatic heterocycles. The van der Waals surface area contributed by atoms with Crippen molar-refractivity contribution in [2.45, 2.75) is 116 Å². The highest BCUT2D eigenvalue weighted by atomic mass is 16.5. The minimum absolute atomic E-state index is 0.727. The summed E-state index contributed by atoms with van der Waals surface area (Å²) in [5.41, 5.74) is 2.60. The summed E-state index contributed by atoms with van der Waals surface area (Å²) >= 11 is 0. The molecule has 1 aromatic carbocycles. The van der Waals surface area contributed by atoms with Crippen molar-refractivity contribution in [2.75, 3.05) is 6.61 Å². The van der Waals surface area contributed by atoms with Gasteiger partial charge in [0.15, 0.2) is 11.6 Å². The van der Waals surface area contributed by atoms with Gasteiger partial charge in [0.25, 0.3) is 0 Å². The summed E-state index contributed by atoms with van der Waals surface area (Å²) < 4.78 is 5.75. The van der Waals surface area contributed by atoms with Gasteiger partial charge in [0.1, 0.15) is 0 Å². The number of rotatable bonds is 12. The predicted molar refractivity (Wildman–Crippen MR) is 147 cm³/mol. The maximum atomic E-state index is 5.75. The smallest absolute Gasteiger partial charge is 0.159 e. The zero-order valence-corrected chi connectivity index (χ0v) is 22.4. The molecule has 1 heterocycles. The average molecular weight is 477 g/mol. The van der Waals surface area contributed by atoms with Gasteiger partial charge in [-0.15, -0.1) is 0 Å². The fourth-order valence-corrected chi connectivity index (χ4v) is 6.54. The van der Waals surface area contributed by atoms with E-state index in [0.29, 0.717) is 0 Å². The number of ether oxygens (including phenoxy) is 1. The van der Waals surface area contributed by atoms with Crippen molar-refractivity contribution in [3.05, 3.63) is 42.2 Å². The first kappa shape index (κ1) is 26.2. The molecule has 2 aliphatic rings. The lowest BCUT2D eigenvalue weighted by Gasteiger charge is -2.38. The highest BCUT2D eigenvalue weighted by molar-refractivity contribution is 5.55. The molecule has 0 N–H and O–H groups in total. The van der Waals surface area contributed by atoms with E-state index in [0.717, 1.165) is 53.8 Å². The number of aromatic nitrogens is 2.